The Hall–Kier alpha value is -2.86. The number of aryl methyl sites for hydroxylation is 3. The van der Waals surface area contributed by atoms with Gasteiger partial charge in [-0.1, -0.05) is 18.2 Å². The standard InChI is InChI=1S/C26H33N3O3/c1-18-15-19(2)17-21(16-18)31-13-7-6-12-29-23-10-5-4-9-22(23)28-25(29)20(3)27-26(30)24-11-8-14-32-24/h4-5,9-10,15-17,20,24H,6-8,11-14H2,1-3H3,(H,27,30). The third-order valence-electron chi connectivity index (χ3n) is 5.89. The van der Waals surface area contributed by atoms with E-state index in [2.05, 4.69) is 48.0 Å². The number of para-hydroxylation sites is 2. The lowest BCUT2D eigenvalue weighted by molar-refractivity contribution is -0.130. The minimum atomic E-state index is -0.335. The predicted octanol–water partition coefficient (Wildman–Crippen LogP) is 4.87. The molecule has 1 amide bonds. The van der Waals surface area contributed by atoms with Gasteiger partial charge >= 0.3 is 0 Å². The van der Waals surface area contributed by atoms with Crippen LogP contribution in [0, 0.1) is 13.8 Å². The Balaban J connectivity index is 1.39. The van der Waals surface area contributed by atoms with Crippen LogP contribution >= 0.6 is 0 Å². The lowest BCUT2D eigenvalue weighted by Gasteiger charge is -2.18. The van der Waals surface area contributed by atoms with Gasteiger partial charge in [-0.05, 0) is 81.8 Å². The summed E-state index contributed by atoms with van der Waals surface area (Å²) < 4.78 is 13.7. The summed E-state index contributed by atoms with van der Waals surface area (Å²) in [5.74, 6) is 1.77. The molecule has 3 aromatic rings. The smallest absolute Gasteiger partial charge is 0.249 e. The molecule has 32 heavy (non-hydrogen) atoms. The van der Waals surface area contributed by atoms with Gasteiger partial charge in [0.15, 0.2) is 0 Å². The zero-order chi connectivity index (χ0) is 22.5. The summed E-state index contributed by atoms with van der Waals surface area (Å²) in [7, 11) is 0. The number of imidazole rings is 1. The summed E-state index contributed by atoms with van der Waals surface area (Å²) in [6, 6.07) is 14.3. The molecule has 2 unspecified atom stereocenters. The third-order valence-corrected chi connectivity index (χ3v) is 5.89. The van der Waals surface area contributed by atoms with Gasteiger partial charge < -0.3 is 19.4 Å². The average molecular weight is 436 g/mol. The summed E-state index contributed by atoms with van der Waals surface area (Å²) in [6.07, 6.45) is 3.29. The number of aromatic nitrogens is 2. The van der Waals surface area contributed by atoms with E-state index in [1.54, 1.807) is 0 Å². The minimum Gasteiger partial charge on any atom is -0.494 e. The minimum absolute atomic E-state index is 0.0459. The van der Waals surface area contributed by atoms with Crippen molar-refractivity contribution in [2.45, 2.75) is 65.1 Å². The second kappa shape index (κ2) is 10.2. The Morgan fingerprint density at radius 3 is 2.75 bits per heavy atom. The van der Waals surface area contributed by atoms with Crippen molar-refractivity contribution < 1.29 is 14.3 Å². The molecule has 0 spiro atoms. The molecule has 2 atom stereocenters. The van der Waals surface area contributed by atoms with Crippen molar-refractivity contribution >= 4 is 16.9 Å². The number of fused-ring (bicyclic) bond motifs is 1. The number of carbonyl (C=O) groups excluding carboxylic acids is 1. The first-order valence-electron chi connectivity index (χ1n) is 11.6. The van der Waals surface area contributed by atoms with Gasteiger partial charge in [-0.15, -0.1) is 0 Å². The highest BCUT2D eigenvalue weighted by Gasteiger charge is 2.26. The molecular formula is C26H33N3O3. The van der Waals surface area contributed by atoms with E-state index in [-0.39, 0.29) is 18.1 Å². The number of carbonyl (C=O) groups is 1. The van der Waals surface area contributed by atoms with Crippen molar-refractivity contribution in [3.05, 3.63) is 59.4 Å². The summed E-state index contributed by atoms with van der Waals surface area (Å²) in [5, 5.41) is 3.10. The molecule has 1 aliphatic rings. The van der Waals surface area contributed by atoms with Crippen LogP contribution in [0.25, 0.3) is 11.0 Å². The van der Waals surface area contributed by atoms with Crippen molar-refractivity contribution in [2.24, 2.45) is 0 Å². The first-order chi connectivity index (χ1) is 15.5. The Kier molecular flexibility index (Phi) is 7.10. The summed E-state index contributed by atoms with van der Waals surface area (Å²) in [6.45, 7) is 8.33. The molecule has 6 heteroatoms. The third kappa shape index (κ3) is 5.30. The second-order valence-corrected chi connectivity index (χ2v) is 8.72. The van der Waals surface area contributed by atoms with Crippen LogP contribution in [0.2, 0.25) is 0 Å². The molecule has 4 rings (SSSR count). The fraction of sp³-hybridized carbons (Fsp3) is 0.462. The van der Waals surface area contributed by atoms with E-state index in [1.807, 2.05) is 25.1 Å². The molecule has 1 saturated heterocycles. The Morgan fingerprint density at radius 1 is 1.22 bits per heavy atom. The zero-order valence-corrected chi connectivity index (χ0v) is 19.3. The Bertz CT molecular complexity index is 1050. The second-order valence-electron chi connectivity index (χ2n) is 8.72. The SMILES string of the molecule is Cc1cc(C)cc(OCCCCn2c(C(C)NC(=O)C3CCCO3)nc3ccccc32)c1. The van der Waals surface area contributed by atoms with Gasteiger partial charge in [-0.25, -0.2) is 4.98 Å². The number of nitrogens with zero attached hydrogens (tertiary/aromatic N) is 2. The highest BCUT2D eigenvalue weighted by atomic mass is 16.5. The first kappa shape index (κ1) is 22.3. The maximum Gasteiger partial charge on any atom is 0.249 e. The molecule has 2 aromatic carbocycles. The van der Waals surface area contributed by atoms with E-state index in [0.29, 0.717) is 13.2 Å². The number of benzene rings is 2. The van der Waals surface area contributed by atoms with Crippen molar-refractivity contribution in [1.82, 2.24) is 14.9 Å². The summed E-state index contributed by atoms with van der Waals surface area (Å²) in [5.41, 5.74) is 4.48. The van der Waals surface area contributed by atoms with Crippen LogP contribution in [0.1, 0.15) is 55.6 Å². The highest BCUT2D eigenvalue weighted by Crippen LogP contribution is 2.23. The first-order valence-corrected chi connectivity index (χ1v) is 11.6. The average Bonchev–Trinajstić information content (AvgIpc) is 3.41. The molecule has 0 bridgehead atoms. The molecule has 1 N–H and O–H groups in total. The highest BCUT2D eigenvalue weighted by molar-refractivity contribution is 5.81. The predicted molar refractivity (Wildman–Crippen MR) is 126 cm³/mol. The molecule has 0 radical (unpaired) electrons. The number of unbranched alkanes of at least 4 members (excludes halogenated alkanes) is 1. The van der Waals surface area contributed by atoms with E-state index in [9.17, 15) is 4.79 Å². The van der Waals surface area contributed by atoms with Gasteiger partial charge in [0.05, 0.1) is 23.7 Å². The number of ether oxygens (including phenoxy) is 2. The number of hydrogen-bond acceptors (Lipinski definition) is 4. The molecule has 1 fully saturated rings. The van der Waals surface area contributed by atoms with Crippen molar-refractivity contribution in [2.75, 3.05) is 13.2 Å². The van der Waals surface area contributed by atoms with Gasteiger partial charge in [-0.3, -0.25) is 4.79 Å². The normalized spacial score (nSPS) is 16.9. The van der Waals surface area contributed by atoms with Crippen LogP contribution in [0.5, 0.6) is 5.75 Å². The molecular weight excluding hydrogens is 402 g/mol. The molecule has 0 aliphatic carbocycles. The van der Waals surface area contributed by atoms with Gasteiger partial charge in [-0.2, -0.15) is 0 Å². The topological polar surface area (TPSA) is 65.4 Å². The van der Waals surface area contributed by atoms with Crippen LogP contribution in [-0.2, 0) is 16.1 Å². The molecule has 1 aromatic heterocycles. The van der Waals surface area contributed by atoms with Crippen molar-refractivity contribution in [3.8, 4) is 5.75 Å². The number of amides is 1. The molecule has 2 heterocycles. The zero-order valence-electron chi connectivity index (χ0n) is 19.3. The number of rotatable bonds is 9. The van der Waals surface area contributed by atoms with Gasteiger partial charge in [0, 0.05) is 13.2 Å². The summed E-state index contributed by atoms with van der Waals surface area (Å²) in [4.78, 5) is 17.4. The maximum atomic E-state index is 12.5. The largest absolute Gasteiger partial charge is 0.494 e. The van der Waals surface area contributed by atoms with E-state index in [0.717, 1.165) is 54.8 Å². The monoisotopic (exact) mass is 435 g/mol. The molecule has 6 nitrogen and oxygen atoms in total. The molecule has 1 aliphatic heterocycles. The van der Waals surface area contributed by atoms with Crippen LogP contribution in [-0.4, -0.2) is 34.8 Å². The Labute approximate surface area is 189 Å². The van der Waals surface area contributed by atoms with E-state index in [4.69, 9.17) is 14.5 Å². The fourth-order valence-electron chi connectivity index (χ4n) is 4.39. The van der Waals surface area contributed by atoms with Gasteiger partial charge in [0.25, 0.3) is 0 Å². The lowest BCUT2D eigenvalue weighted by atomic mass is 10.1. The van der Waals surface area contributed by atoms with E-state index < -0.39 is 0 Å². The van der Waals surface area contributed by atoms with Crippen LogP contribution in [0.15, 0.2) is 42.5 Å². The van der Waals surface area contributed by atoms with E-state index >= 15 is 0 Å². The molecule has 170 valence electrons. The lowest BCUT2D eigenvalue weighted by Crippen LogP contribution is -2.36. The van der Waals surface area contributed by atoms with Crippen LogP contribution in [0.4, 0.5) is 0 Å². The summed E-state index contributed by atoms with van der Waals surface area (Å²) >= 11 is 0. The molecule has 0 saturated carbocycles. The maximum absolute atomic E-state index is 12.5. The Morgan fingerprint density at radius 2 is 2.00 bits per heavy atom. The van der Waals surface area contributed by atoms with Crippen molar-refractivity contribution in [1.29, 1.82) is 0 Å². The van der Waals surface area contributed by atoms with Crippen LogP contribution in [0.3, 0.4) is 0 Å². The van der Waals surface area contributed by atoms with Gasteiger partial charge in [0.2, 0.25) is 5.91 Å². The van der Waals surface area contributed by atoms with Crippen molar-refractivity contribution in [3.63, 3.8) is 0 Å². The quantitative estimate of drug-likeness (QED) is 0.487. The number of nitrogens with one attached hydrogen (secondary N) is 1. The number of hydrogen-bond donors (Lipinski definition) is 1. The fourth-order valence-corrected chi connectivity index (χ4v) is 4.39. The van der Waals surface area contributed by atoms with Gasteiger partial charge in [0.1, 0.15) is 17.7 Å². The van der Waals surface area contributed by atoms with Crippen LogP contribution < -0.4 is 10.1 Å². The van der Waals surface area contributed by atoms with E-state index in [1.165, 1.54) is 11.1 Å².